The Morgan fingerprint density at radius 2 is 1.58 bits per heavy atom. The quantitative estimate of drug-likeness (QED) is 0.832. The Morgan fingerprint density at radius 1 is 0.958 bits per heavy atom. The molecular formula is C21H28N2O. The molecule has 0 aromatic heterocycles. The van der Waals surface area contributed by atoms with Crippen LogP contribution in [0, 0.1) is 13.8 Å². The summed E-state index contributed by atoms with van der Waals surface area (Å²) in [5.74, 6) is -0.0142. The average Bonchev–Trinajstić information content (AvgIpc) is 2.58. The largest absolute Gasteiger partial charge is 0.348 e. The summed E-state index contributed by atoms with van der Waals surface area (Å²) in [7, 11) is 0. The number of amides is 1. The highest BCUT2D eigenvalue weighted by Gasteiger charge is 2.08. The molecule has 128 valence electrons. The van der Waals surface area contributed by atoms with Crippen molar-refractivity contribution in [3.05, 3.63) is 70.3 Å². The standard InChI is InChI=1S/C21H28N2O/c1-5-23(6-2)15-19-10-8-18(9-11-19)14-22-21(24)20-12-7-16(3)13-17(20)4/h7-13H,5-6,14-15H2,1-4H3,(H,22,24). The van der Waals surface area contributed by atoms with Gasteiger partial charge in [0.1, 0.15) is 0 Å². The maximum atomic E-state index is 12.3. The molecule has 3 nitrogen and oxygen atoms in total. The summed E-state index contributed by atoms with van der Waals surface area (Å²) >= 11 is 0. The Balaban J connectivity index is 1.93. The van der Waals surface area contributed by atoms with Gasteiger partial charge in [-0.3, -0.25) is 9.69 Å². The second-order valence-electron chi connectivity index (χ2n) is 6.28. The molecule has 1 N–H and O–H groups in total. The summed E-state index contributed by atoms with van der Waals surface area (Å²) in [6.07, 6.45) is 0. The Kier molecular flexibility index (Phi) is 6.56. The van der Waals surface area contributed by atoms with Gasteiger partial charge in [0.05, 0.1) is 0 Å². The minimum absolute atomic E-state index is 0.0142. The molecule has 0 aliphatic rings. The summed E-state index contributed by atoms with van der Waals surface area (Å²) in [4.78, 5) is 14.7. The number of rotatable bonds is 7. The van der Waals surface area contributed by atoms with Crippen molar-refractivity contribution in [2.45, 2.75) is 40.8 Å². The molecule has 0 atom stereocenters. The number of aryl methyl sites for hydroxylation is 2. The molecule has 24 heavy (non-hydrogen) atoms. The van der Waals surface area contributed by atoms with Crippen LogP contribution in [0.5, 0.6) is 0 Å². The fourth-order valence-corrected chi connectivity index (χ4v) is 2.81. The lowest BCUT2D eigenvalue weighted by Crippen LogP contribution is -2.24. The highest BCUT2D eigenvalue weighted by molar-refractivity contribution is 5.95. The fraction of sp³-hybridized carbons (Fsp3) is 0.381. The molecule has 2 rings (SSSR count). The highest BCUT2D eigenvalue weighted by atomic mass is 16.1. The minimum Gasteiger partial charge on any atom is -0.348 e. The van der Waals surface area contributed by atoms with Gasteiger partial charge in [-0.05, 0) is 49.7 Å². The normalized spacial score (nSPS) is 10.9. The first kappa shape index (κ1) is 18.2. The monoisotopic (exact) mass is 324 g/mol. The number of carbonyl (C=O) groups is 1. The van der Waals surface area contributed by atoms with Crippen LogP contribution in [0.3, 0.4) is 0 Å². The molecule has 0 saturated heterocycles. The molecule has 0 radical (unpaired) electrons. The van der Waals surface area contributed by atoms with Gasteiger partial charge in [-0.25, -0.2) is 0 Å². The number of hydrogen-bond donors (Lipinski definition) is 1. The van der Waals surface area contributed by atoms with Gasteiger partial charge in [-0.2, -0.15) is 0 Å². The summed E-state index contributed by atoms with van der Waals surface area (Å²) in [6.45, 7) is 12.0. The maximum Gasteiger partial charge on any atom is 0.251 e. The van der Waals surface area contributed by atoms with Gasteiger partial charge >= 0.3 is 0 Å². The SMILES string of the molecule is CCN(CC)Cc1ccc(CNC(=O)c2ccc(C)cc2C)cc1. The minimum atomic E-state index is -0.0142. The predicted molar refractivity (Wildman–Crippen MR) is 100 cm³/mol. The summed E-state index contributed by atoms with van der Waals surface area (Å²) in [5, 5.41) is 3.01. The van der Waals surface area contributed by atoms with Gasteiger partial charge in [-0.1, -0.05) is 55.8 Å². The van der Waals surface area contributed by atoms with Crippen LogP contribution in [0.15, 0.2) is 42.5 Å². The molecule has 1 amide bonds. The lowest BCUT2D eigenvalue weighted by molar-refractivity contribution is 0.0950. The second-order valence-corrected chi connectivity index (χ2v) is 6.28. The van der Waals surface area contributed by atoms with E-state index in [1.807, 2.05) is 32.0 Å². The summed E-state index contributed by atoms with van der Waals surface area (Å²) < 4.78 is 0. The number of benzene rings is 2. The molecule has 0 unspecified atom stereocenters. The number of hydrogen-bond acceptors (Lipinski definition) is 2. The topological polar surface area (TPSA) is 32.3 Å². The summed E-state index contributed by atoms with van der Waals surface area (Å²) in [5.41, 5.74) is 5.37. The first-order valence-electron chi connectivity index (χ1n) is 8.69. The van der Waals surface area contributed by atoms with Crippen LogP contribution in [0.2, 0.25) is 0 Å². The third-order valence-corrected chi connectivity index (χ3v) is 4.40. The van der Waals surface area contributed by atoms with E-state index in [-0.39, 0.29) is 5.91 Å². The molecule has 3 heteroatoms. The van der Waals surface area contributed by atoms with Gasteiger partial charge in [0.15, 0.2) is 0 Å². The van der Waals surface area contributed by atoms with Crippen molar-refractivity contribution < 1.29 is 4.79 Å². The molecule has 0 spiro atoms. The van der Waals surface area contributed by atoms with Crippen molar-refractivity contribution in [2.75, 3.05) is 13.1 Å². The van der Waals surface area contributed by atoms with Crippen LogP contribution in [-0.4, -0.2) is 23.9 Å². The first-order valence-corrected chi connectivity index (χ1v) is 8.69. The van der Waals surface area contributed by atoms with Gasteiger partial charge < -0.3 is 5.32 Å². The van der Waals surface area contributed by atoms with Gasteiger partial charge in [0.2, 0.25) is 0 Å². The van der Waals surface area contributed by atoms with Crippen molar-refractivity contribution in [2.24, 2.45) is 0 Å². The van der Waals surface area contributed by atoms with E-state index in [2.05, 4.69) is 48.3 Å². The van der Waals surface area contributed by atoms with Crippen molar-refractivity contribution in [3.63, 3.8) is 0 Å². The van der Waals surface area contributed by atoms with Crippen LogP contribution in [0.1, 0.15) is 46.5 Å². The molecule has 0 aliphatic carbocycles. The van der Waals surface area contributed by atoms with E-state index in [1.165, 1.54) is 11.1 Å². The van der Waals surface area contributed by atoms with E-state index in [0.717, 1.165) is 36.3 Å². The van der Waals surface area contributed by atoms with Crippen molar-refractivity contribution >= 4 is 5.91 Å². The smallest absolute Gasteiger partial charge is 0.251 e. The van der Waals surface area contributed by atoms with Crippen LogP contribution >= 0.6 is 0 Å². The first-order chi connectivity index (χ1) is 11.5. The molecule has 2 aromatic carbocycles. The molecule has 0 bridgehead atoms. The lowest BCUT2D eigenvalue weighted by atomic mass is 10.0. The lowest BCUT2D eigenvalue weighted by Gasteiger charge is -2.18. The van der Waals surface area contributed by atoms with Gasteiger partial charge in [0.25, 0.3) is 5.91 Å². The predicted octanol–water partition coefficient (Wildman–Crippen LogP) is 4.08. The molecule has 0 fully saturated rings. The van der Waals surface area contributed by atoms with Gasteiger partial charge in [-0.15, -0.1) is 0 Å². The van der Waals surface area contributed by atoms with Crippen molar-refractivity contribution in [3.8, 4) is 0 Å². The van der Waals surface area contributed by atoms with Crippen LogP contribution in [-0.2, 0) is 13.1 Å². The van der Waals surface area contributed by atoms with Crippen LogP contribution < -0.4 is 5.32 Å². The van der Waals surface area contributed by atoms with Crippen LogP contribution in [0.25, 0.3) is 0 Å². The fourth-order valence-electron chi connectivity index (χ4n) is 2.81. The zero-order valence-corrected chi connectivity index (χ0v) is 15.2. The zero-order valence-electron chi connectivity index (χ0n) is 15.2. The van der Waals surface area contributed by atoms with E-state index in [4.69, 9.17) is 0 Å². The van der Waals surface area contributed by atoms with E-state index in [9.17, 15) is 4.79 Å². The van der Waals surface area contributed by atoms with E-state index < -0.39 is 0 Å². The Bertz CT molecular complexity index is 673. The van der Waals surface area contributed by atoms with Gasteiger partial charge in [0, 0.05) is 18.7 Å². The third kappa shape index (κ3) is 4.93. The van der Waals surface area contributed by atoms with E-state index in [0.29, 0.717) is 6.54 Å². The Morgan fingerprint density at radius 3 is 2.17 bits per heavy atom. The average molecular weight is 324 g/mol. The van der Waals surface area contributed by atoms with Crippen LogP contribution in [0.4, 0.5) is 0 Å². The number of nitrogens with one attached hydrogen (secondary N) is 1. The van der Waals surface area contributed by atoms with E-state index in [1.54, 1.807) is 0 Å². The zero-order chi connectivity index (χ0) is 17.5. The number of nitrogens with zero attached hydrogens (tertiary/aromatic N) is 1. The molecular weight excluding hydrogens is 296 g/mol. The molecule has 0 heterocycles. The molecule has 2 aromatic rings. The second kappa shape index (κ2) is 8.65. The van der Waals surface area contributed by atoms with Crippen molar-refractivity contribution in [1.29, 1.82) is 0 Å². The Hall–Kier alpha value is -2.13. The highest BCUT2D eigenvalue weighted by Crippen LogP contribution is 2.11. The number of carbonyl (C=O) groups excluding carboxylic acids is 1. The molecule has 0 saturated carbocycles. The van der Waals surface area contributed by atoms with E-state index >= 15 is 0 Å². The molecule has 0 aliphatic heterocycles. The maximum absolute atomic E-state index is 12.3. The Labute approximate surface area is 145 Å². The third-order valence-electron chi connectivity index (χ3n) is 4.40. The summed E-state index contributed by atoms with van der Waals surface area (Å²) in [6, 6.07) is 14.4. The van der Waals surface area contributed by atoms with Crippen molar-refractivity contribution in [1.82, 2.24) is 10.2 Å².